The first-order valence-corrected chi connectivity index (χ1v) is 14.8. The fourth-order valence-corrected chi connectivity index (χ4v) is 6.49. The molecule has 1 aromatic heterocycles. The average molecular weight is 637 g/mol. The van der Waals surface area contributed by atoms with Gasteiger partial charge in [-0.1, -0.05) is 30.1 Å². The maximum absolute atomic E-state index is 14.2. The Bertz CT molecular complexity index is 1730. The van der Waals surface area contributed by atoms with E-state index < -0.39 is 55.9 Å². The Hall–Kier alpha value is -3.07. The summed E-state index contributed by atoms with van der Waals surface area (Å²) in [5.74, 6) is -0.272. The van der Waals surface area contributed by atoms with Gasteiger partial charge >= 0.3 is 18.0 Å². The van der Waals surface area contributed by atoms with Crippen LogP contribution in [0, 0.1) is 0 Å². The van der Waals surface area contributed by atoms with Crippen LogP contribution in [0.15, 0.2) is 38.8 Å². The normalized spacial score (nSPS) is 15.4. The monoisotopic (exact) mass is 636 g/mol. The second kappa shape index (κ2) is 11.7. The number of alkyl halides is 3. The predicted molar refractivity (Wildman–Crippen MR) is 147 cm³/mol. The van der Waals surface area contributed by atoms with Crippen LogP contribution in [0.3, 0.4) is 0 Å². The highest BCUT2D eigenvalue weighted by Crippen LogP contribution is 2.39. The molecule has 2 heterocycles. The van der Waals surface area contributed by atoms with Crippen molar-refractivity contribution in [1.29, 1.82) is 0 Å². The molecule has 1 aliphatic heterocycles. The van der Waals surface area contributed by atoms with Crippen molar-refractivity contribution in [3.05, 3.63) is 71.8 Å². The zero-order valence-corrected chi connectivity index (χ0v) is 23.8. The van der Waals surface area contributed by atoms with E-state index in [1.807, 2.05) is 0 Å². The fourth-order valence-electron chi connectivity index (χ4n) is 4.88. The summed E-state index contributed by atoms with van der Waals surface area (Å²) in [7, 11) is -3.79. The van der Waals surface area contributed by atoms with Gasteiger partial charge in [0.05, 0.1) is 38.7 Å². The van der Waals surface area contributed by atoms with Crippen molar-refractivity contribution in [3.63, 3.8) is 0 Å². The molecule has 3 aromatic rings. The van der Waals surface area contributed by atoms with E-state index in [1.165, 1.54) is 25.1 Å². The number of fused-ring (bicyclic) bond motifs is 1. The minimum absolute atomic E-state index is 0.0193. The minimum atomic E-state index is -4.90. The lowest BCUT2D eigenvalue weighted by atomic mass is 10.0. The number of carboxylic acid groups (broad SMARTS) is 1. The number of carbonyl (C=O) groups is 1. The molecule has 16 heteroatoms. The lowest BCUT2D eigenvalue weighted by molar-refractivity contribution is -0.138. The molecule has 0 unspecified atom stereocenters. The van der Waals surface area contributed by atoms with Gasteiger partial charge < -0.3 is 15.4 Å². The van der Waals surface area contributed by atoms with E-state index in [0.717, 1.165) is 0 Å². The van der Waals surface area contributed by atoms with Crippen molar-refractivity contribution in [3.8, 4) is 0 Å². The van der Waals surface area contributed by atoms with Gasteiger partial charge in [0.15, 0.2) is 9.84 Å². The van der Waals surface area contributed by atoms with Crippen LogP contribution in [-0.2, 0) is 29.1 Å². The molecule has 0 aliphatic carbocycles. The summed E-state index contributed by atoms with van der Waals surface area (Å²) in [6.07, 6.45) is -5.34. The molecular weight excluding hydrogens is 612 g/mol. The molecule has 0 saturated carbocycles. The zero-order valence-electron chi connectivity index (χ0n) is 21.5. The summed E-state index contributed by atoms with van der Waals surface area (Å²) >= 11 is 12.4. The van der Waals surface area contributed by atoms with Gasteiger partial charge in [0.1, 0.15) is 0 Å². The number of rotatable bonds is 7. The molecule has 1 amide bonds. The van der Waals surface area contributed by atoms with Crippen molar-refractivity contribution in [1.82, 2.24) is 19.8 Å². The summed E-state index contributed by atoms with van der Waals surface area (Å²) in [6, 6.07) is 4.14. The van der Waals surface area contributed by atoms with Gasteiger partial charge in [0.2, 0.25) is 0 Å². The number of sulfone groups is 1. The zero-order chi connectivity index (χ0) is 30.3. The summed E-state index contributed by atoms with van der Waals surface area (Å²) in [6.45, 7) is 1.17. The van der Waals surface area contributed by atoms with Crippen molar-refractivity contribution >= 4 is 50.0 Å². The van der Waals surface area contributed by atoms with Crippen LogP contribution in [0.4, 0.5) is 18.0 Å². The molecule has 3 N–H and O–H groups in total. The van der Waals surface area contributed by atoms with Crippen molar-refractivity contribution < 1.29 is 31.5 Å². The maximum atomic E-state index is 14.2. The first kappa shape index (κ1) is 30.9. The maximum Gasteiger partial charge on any atom is 0.416 e. The van der Waals surface area contributed by atoms with Crippen molar-refractivity contribution in [2.75, 3.05) is 18.8 Å². The van der Waals surface area contributed by atoms with E-state index in [0.29, 0.717) is 23.5 Å². The molecule has 2 aromatic carbocycles. The lowest BCUT2D eigenvalue weighted by Crippen LogP contribution is -2.44. The second-order valence-electron chi connectivity index (χ2n) is 9.61. The third kappa shape index (κ3) is 6.55. The molecule has 4 rings (SSSR count). The Labute approximate surface area is 241 Å². The summed E-state index contributed by atoms with van der Waals surface area (Å²) in [5.41, 5.74) is -3.86. The smallest absolute Gasteiger partial charge is 0.416 e. The van der Waals surface area contributed by atoms with Crippen LogP contribution in [0.2, 0.25) is 10.0 Å². The van der Waals surface area contributed by atoms with Gasteiger partial charge in [0, 0.05) is 30.7 Å². The number of nitrogens with one attached hydrogen (secondary N) is 2. The molecule has 222 valence electrons. The quantitative estimate of drug-likeness (QED) is 0.355. The van der Waals surface area contributed by atoms with E-state index in [2.05, 4.69) is 10.3 Å². The third-order valence-corrected chi connectivity index (χ3v) is 9.47. The average Bonchev–Trinajstić information content (AvgIpc) is 2.88. The highest BCUT2D eigenvalue weighted by molar-refractivity contribution is 7.91. The van der Waals surface area contributed by atoms with E-state index in [1.54, 1.807) is 4.90 Å². The number of halogens is 5. The molecule has 41 heavy (non-hydrogen) atoms. The molecule has 0 radical (unpaired) electrons. The second-order valence-corrected chi connectivity index (χ2v) is 12.7. The molecule has 1 saturated heterocycles. The number of likely N-dealkylation sites (tertiary alicyclic amines) is 1. The number of amides is 1. The number of hydrogen-bond acceptors (Lipinski definition) is 6. The van der Waals surface area contributed by atoms with Gasteiger partial charge in [-0.25, -0.2) is 18.0 Å². The van der Waals surface area contributed by atoms with Crippen LogP contribution in [0.5, 0.6) is 0 Å². The van der Waals surface area contributed by atoms with E-state index in [9.17, 15) is 36.0 Å². The first-order chi connectivity index (χ1) is 19.1. The molecule has 10 nitrogen and oxygen atoms in total. The number of H-pyrrole nitrogens is 1. The van der Waals surface area contributed by atoms with Gasteiger partial charge in [-0.05, 0) is 48.2 Å². The van der Waals surface area contributed by atoms with Gasteiger partial charge in [-0.3, -0.25) is 14.3 Å². The largest absolute Gasteiger partial charge is 0.465 e. The molecule has 1 aliphatic rings. The standard InChI is InChI=1S/C25H25Cl2F3N4O6S/c1-2-41(39,40)19-4-3-14(26)9-13(19)11-34-22(35)16-10-18(25(28,29)30)17(20(27)21(16)32-23(34)36)12-33-7-5-15(6-8-33)31-24(37)38/h3-4,9-10,15,31H,2,5-8,11-12H2,1H3,(H,32,36)(H,37,38). The lowest BCUT2D eigenvalue weighted by Gasteiger charge is -2.32. The third-order valence-electron chi connectivity index (χ3n) is 6.99. The van der Waals surface area contributed by atoms with E-state index in [4.69, 9.17) is 28.3 Å². The van der Waals surface area contributed by atoms with Gasteiger partial charge in [-0.15, -0.1) is 0 Å². The predicted octanol–water partition coefficient (Wildman–Crippen LogP) is 4.09. The van der Waals surface area contributed by atoms with Crippen LogP contribution in [0.25, 0.3) is 10.9 Å². The Balaban J connectivity index is 1.80. The molecule has 0 bridgehead atoms. The number of hydrogen-bond donors (Lipinski definition) is 3. The van der Waals surface area contributed by atoms with Crippen molar-refractivity contribution in [2.24, 2.45) is 0 Å². The molecule has 1 fully saturated rings. The number of piperidine rings is 1. The van der Waals surface area contributed by atoms with Gasteiger partial charge in [-0.2, -0.15) is 13.2 Å². The Morgan fingerprint density at radius 1 is 1.15 bits per heavy atom. The summed E-state index contributed by atoms with van der Waals surface area (Å²) < 4.78 is 68.4. The highest BCUT2D eigenvalue weighted by Gasteiger charge is 2.37. The topological polar surface area (TPSA) is 142 Å². The van der Waals surface area contributed by atoms with Gasteiger partial charge in [0.25, 0.3) is 5.56 Å². The Kier molecular flexibility index (Phi) is 8.79. The number of aromatic nitrogens is 2. The Morgan fingerprint density at radius 2 is 1.80 bits per heavy atom. The SMILES string of the molecule is CCS(=O)(=O)c1ccc(Cl)cc1Cn1c(=O)[nH]c2c(Cl)c(CN3CCC(NC(=O)O)CC3)c(C(F)(F)F)cc2c1=O. The number of aromatic amines is 1. The van der Waals surface area contributed by atoms with Crippen LogP contribution < -0.4 is 16.6 Å². The number of nitrogens with zero attached hydrogens (tertiary/aromatic N) is 2. The highest BCUT2D eigenvalue weighted by atomic mass is 35.5. The number of benzene rings is 2. The van der Waals surface area contributed by atoms with Crippen LogP contribution in [0.1, 0.15) is 36.5 Å². The molecular formula is C25H25Cl2F3N4O6S. The minimum Gasteiger partial charge on any atom is -0.465 e. The first-order valence-electron chi connectivity index (χ1n) is 12.4. The van der Waals surface area contributed by atoms with Crippen LogP contribution in [-0.4, -0.2) is 59.0 Å². The molecule has 0 atom stereocenters. The van der Waals surface area contributed by atoms with E-state index in [-0.39, 0.29) is 58.0 Å². The van der Waals surface area contributed by atoms with Crippen LogP contribution >= 0.6 is 23.2 Å². The Morgan fingerprint density at radius 3 is 2.39 bits per heavy atom. The summed E-state index contributed by atoms with van der Waals surface area (Å²) in [5, 5.41) is 10.4. The van der Waals surface area contributed by atoms with Crippen molar-refractivity contribution in [2.45, 2.75) is 50.0 Å². The fraction of sp³-hybridized carbons (Fsp3) is 0.400. The summed E-state index contributed by atoms with van der Waals surface area (Å²) in [4.78, 5) is 41.2. The molecule has 0 spiro atoms. The van der Waals surface area contributed by atoms with E-state index >= 15 is 0 Å².